The molecule has 0 aromatic carbocycles. The lowest BCUT2D eigenvalue weighted by atomic mass is 10.7. The molecule has 0 unspecified atom stereocenters. The van der Waals surface area contributed by atoms with Crippen LogP contribution in [0.1, 0.15) is 6.92 Å². The summed E-state index contributed by atoms with van der Waals surface area (Å²) in [5.74, 6) is -0.352. The van der Waals surface area contributed by atoms with Crippen molar-refractivity contribution >= 4 is 28.1 Å². The molecule has 0 radical (unpaired) electrons. The summed E-state index contributed by atoms with van der Waals surface area (Å²) in [7, 11) is 1.44. The van der Waals surface area contributed by atoms with E-state index in [1.807, 2.05) is 0 Å². The summed E-state index contributed by atoms with van der Waals surface area (Å²) in [5, 5.41) is 2.27. The molecule has 0 spiro atoms. The van der Waals surface area contributed by atoms with Crippen LogP contribution in [0.3, 0.4) is 0 Å². The first-order chi connectivity index (χ1) is 4.09. The van der Waals surface area contributed by atoms with Crippen LogP contribution in [0.2, 0.25) is 0 Å². The summed E-state index contributed by atoms with van der Waals surface area (Å²) < 4.78 is 0.812. The van der Waals surface area contributed by atoms with E-state index >= 15 is 0 Å². The zero-order chi connectivity index (χ0) is 7.44. The minimum atomic E-state index is -0.470. The lowest BCUT2D eigenvalue weighted by Crippen LogP contribution is -2.33. The molecular weight excluding hydrogens is 188 g/mol. The predicted octanol–water partition coefficient (Wildman–Crippen LogP) is 0.484. The van der Waals surface area contributed by atoms with Crippen LogP contribution < -0.4 is 5.32 Å². The highest BCUT2D eigenvalue weighted by molar-refractivity contribution is 9.08. The van der Waals surface area contributed by atoms with Gasteiger partial charge in [0.25, 0.3) is 0 Å². The van der Waals surface area contributed by atoms with Crippen LogP contribution in [0.4, 0.5) is 4.79 Å². The first-order valence-electron chi connectivity index (χ1n) is 2.27. The van der Waals surface area contributed by atoms with Gasteiger partial charge >= 0.3 is 6.03 Å². The molecule has 0 aromatic rings. The van der Waals surface area contributed by atoms with Crippen LogP contribution in [0.5, 0.6) is 0 Å². The molecule has 0 bridgehead atoms. The second-order valence-corrected chi connectivity index (χ2v) is 2.06. The third-order valence-corrected chi connectivity index (χ3v) is 1.49. The van der Waals surface area contributed by atoms with Crippen LogP contribution >= 0.6 is 16.1 Å². The number of carbonyl (C=O) groups is 2. The summed E-state index contributed by atoms with van der Waals surface area (Å²) in [4.78, 5) is 20.9. The van der Waals surface area contributed by atoms with Gasteiger partial charge in [0.1, 0.15) is 0 Å². The molecule has 9 heavy (non-hydrogen) atoms. The monoisotopic (exact) mass is 194 g/mol. The smallest absolute Gasteiger partial charge is 0.334 e. The van der Waals surface area contributed by atoms with E-state index in [1.54, 1.807) is 0 Å². The van der Waals surface area contributed by atoms with E-state index in [0.29, 0.717) is 0 Å². The van der Waals surface area contributed by atoms with Crippen LogP contribution in [-0.2, 0) is 4.79 Å². The quantitative estimate of drug-likeness (QED) is 0.571. The van der Waals surface area contributed by atoms with Crippen LogP contribution in [0.15, 0.2) is 0 Å². The second kappa shape index (κ2) is 3.45. The molecule has 52 valence electrons. The lowest BCUT2D eigenvalue weighted by Gasteiger charge is -2.07. The van der Waals surface area contributed by atoms with Gasteiger partial charge in [0.15, 0.2) is 0 Å². The first-order valence-corrected chi connectivity index (χ1v) is 2.98. The zero-order valence-corrected chi connectivity index (χ0v) is 6.73. The van der Waals surface area contributed by atoms with Crippen molar-refractivity contribution in [2.75, 3.05) is 7.05 Å². The number of halogens is 1. The number of hydrogen-bond donors (Lipinski definition) is 1. The van der Waals surface area contributed by atoms with E-state index < -0.39 is 6.03 Å². The van der Waals surface area contributed by atoms with Gasteiger partial charge in [0, 0.05) is 14.0 Å². The Morgan fingerprint density at radius 1 is 1.56 bits per heavy atom. The molecule has 0 heterocycles. The van der Waals surface area contributed by atoms with E-state index in [1.165, 1.54) is 14.0 Å². The Morgan fingerprint density at radius 2 is 2.00 bits per heavy atom. The molecule has 0 aliphatic heterocycles. The van der Waals surface area contributed by atoms with Gasteiger partial charge in [-0.3, -0.25) is 4.79 Å². The fourth-order valence-corrected chi connectivity index (χ4v) is 0.418. The van der Waals surface area contributed by atoms with Gasteiger partial charge in [0.2, 0.25) is 5.91 Å². The highest BCUT2D eigenvalue weighted by atomic mass is 79.9. The molecule has 0 rings (SSSR count). The summed E-state index contributed by atoms with van der Waals surface area (Å²) >= 11 is 2.74. The maximum atomic E-state index is 10.5. The van der Waals surface area contributed by atoms with Crippen molar-refractivity contribution < 1.29 is 9.59 Å². The van der Waals surface area contributed by atoms with Gasteiger partial charge < -0.3 is 5.32 Å². The van der Waals surface area contributed by atoms with Gasteiger partial charge in [-0.1, -0.05) is 0 Å². The Bertz CT molecular complexity index is 137. The standard InChI is InChI=1S/C4H7BrN2O2/c1-3(8)7(5)4(9)6-2/h1-2H3,(H,6,9). The fraction of sp³-hybridized carbons (Fsp3) is 0.500. The number of amides is 3. The molecule has 0 atom stereocenters. The lowest BCUT2D eigenvalue weighted by molar-refractivity contribution is -0.121. The molecule has 0 saturated carbocycles. The van der Waals surface area contributed by atoms with Crippen molar-refractivity contribution in [3.05, 3.63) is 0 Å². The molecule has 5 heteroatoms. The number of nitrogens with zero attached hydrogens (tertiary/aromatic N) is 1. The normalized spacial score (nSPS) is 8.33. The highest BCUT2D eigenvalue weighted by Gasteiger charge is 2.11. The van der Waals surface area contributed by atoms with E-state index in [-0.39, 0.29) is 5.91 Å². The molecule has 0 fully saturated rings. The Kier molecular flexibility index (Phi) is 3.22. The number of imide groups is 1. The van der Waals surface area contributed by atoms with E-state index in [2.05, 4.69) is 21.5 Å². The Morgan fingerprint density at radius 3 is 2.11 bits per heavy atom. The topological polar surface area (TPSA) is 49.4 Å². The van der Waals surface area contributed by atoms with Crippen LogP contribution in [0, 0.1) is 0 Å². The van der Waals surface area contributed by atoms with Crippen molar-refractivity contribution in [3.63, 3.8) is 0 Å². The predicted molar refractivity (Wildman–Crippen MR) is 35.9 cm³/mol. The minimum absolute atomic E-state index is 0.352. The largest absolute Gasteiger partial charge is 0.340 e. The van der Waals surface area contributed by atoms with Crippen molar-refractivity contribution in [1.82, 2.24) is 9.24 Å². The Balaban J connectivity index is 3.88. The minimum Gasteiger partial charge on any atom is -0.340 e. The van der Waals surface area contributed by atoms with Gasteiger partial charge in [-0.15, -0.1) is 0 Å². The van der Waals surface area contributed by atoms with Gasteiger partial charge in [-0.2, -0.15) is 3.93 Å². The number of hydrogen-bond acceptors (Lipinski definition) is 2. The van der Waals surface area contributed by atoms with Gasteiger partial charge in [-0.05, 0) is 0 Å². The summed E-state index contributed by atoms with van der Waals surface area (Å²) in [6.45, 7) is 1.28. The molecule has 0 aromatic heterocycles. The summed E-state index contributed by atoms with van der Waals surface area (Å²) in [6.07, 6.45) is 0. The number of carbonyl (C=O) groups excluding carboxylic acids is 2. The zero-order valence-electron chi connectivity index (χ0n) is 5.14. The molecule has 3 amide bonds. The molecule has 4 nitrogen and oxygen atoms in total. The second-order valence-electron chi connectivity index (χ2n) is 1.36. The van der Waals surface area contributed by atoms with E-state index in [0.717, 1.165) is 3.93 Å². The molecule has 0 saturated heterocycles. The summed E-state index contributed by atoms with van der Waals surface area (Å²) in [6, 6.07) is -0.470. The van der Waals surface area contributed by atoms with E-state index in [9.17, 15) is 9.59 Å². The third-order valence-electron chi connectivity index (χ3n) is 0.669. The van der Waals surface area contributed by atoms with Gasteiger partial charge in [0.05, 0.1) is 16.1 Å². The van der Waals surface area contributed by atoms with Crippen LogP contribution in [0.25, 0.3) is 0 Å². The third kappa shape index (κ3) is 2.46. The molecule has 1 N–H and O–H groups in total. The Hall–Kier alpha value is -0.580. The fourth-order valence-electron chi connectivity index (χ4n) is 0.241. The van der Waals surface area contributed by atoms with Crippen molar-refractivity contribution in [1.29, 1.82) is 0 Å². The number of rotatable bonds is 0. The van der Waals surface area contributed by atoms with Crippen LogP contribution in [-0.4, -0.2) is 22.9 Å². The number of nitrogens with one attached hydrogen (secondary N) is 1. The van der Waals surface area contributed by atoms with Crippen molar-refractivity contribution in [2.45, 2.75) is 6.92 Å². The molecule has 0 aliphatic rings. The average Bonchev–Trinajstić information content (AvgIpc) is 1.84. The van der Waals surface area contributed by atoms with E-state index in [4.69, 9.17) is 0 Å². The molecule has 0 aliphatic carbocycles. The Labute approximate surface area is 61.5 Å². The van der Waals surface area contributed by atoms with Crippen molar-refractivity contribution in [2.24, 2.45) is 0 Å². The average molecular weight is 195 g/mol. The highest BCUT2D eigenvalue weighted by Crippen LogP contribution is 1.96. The first kappa shape index (κ1) is 8.42. The SMILES string of the molecule is CNC(=O)N(Br)C(C)=O. The number of urea groups is 1. The van der Waals surface area contributed by atoms with Crippen molar-refractivity contribution in [3.8, 4) is 0 Å². The maximum Gasteiger partial charge on any atom is 0.334 e. The summed E-state index contributed by atoms with van der Waals surface area (Å²) in [5.41, 5.74) is 0. The van der Waals surface area contributed by atoms with Gasteiger partial charge in [-0.25, -0.2) is 4.79 Å². The molecular formula is C4H7BrN2O2. The maximum absolute atomic E-state index is 10.5.